The Hall–Kier alpha value is -1.79. The Balaban J connectivity index is 1.91. The van der Waals surface area contributed by atoms with Gasteiger partial charge >= 0.3 is 0 Å². The molecule has 0 bridgehead atoms. The minimum atomic E-state index is -0.434. The summed E-state index contributed by atoms with van der Waals surface area (Å²) in [5.41, 5.74) is 0.964. The molecule has 0 aliphatic heterocycles. The number of nitrogens with zero attached hydrogens (tertiary/aromatic N) is 1. The van der Waals surface area contributed by atoms with Gasteiger partial charge in [0.2, 0.25) is 5.91 Å². The van der Waals surface area contributed by atoms with Crippen molar-refractivity contribution in [3.63, 3.8) is 0 Å². The molecular weight excluding hydrogens is 384 g/mol. The lowest BCUT2D eigenvalue weighted by Crippen LogP contribution is -2.39. The Morgan fingerprint density at radius 3 is 2.48 bits per heavy atom. The lowest BCUT2D eigenvalue weighted by molar-refractivity contribution is -0.130. The molecule has 23 heavy (non-hydrogen) atoms. The van der Waals surface area contributed by atoms with Crippen LogP contribution in [0.15, 0.2) is 45.5 Å². The monoisotopic (exact) mass is 398 g/mol. The highest BCUT2D eigenvalue weighted by Gasteiger charge is 2.19. The molecule has 2 rings (SSSR count). The van der Waals surface area contributed by atoms with E-state index < -0.39 is 5.91 Å². The van der Waals surface area contributed by atoms with Gasteiger partial charge in [0, 0.05) is 12.1 Å². The molecule has 1 N–H and O–H groups in total. The number of benzene rings is 1. The Kier molecular flexibility index (Phi) is 5.85. The lowest BCUT2D eigenvalue weighted by Gasteiger charge is -2.25. The number of hydrogen-bond acceptors (Lipinski definition) is 3. The SMILES string of the molecule is CC(c1ccc(Cl)cc1)N(C)C(=O)CNC(=O)c1ccc(Br)o1. The van der Waals surface area contributed by atoms with Gasteiger partial charge in [-0.15, -0.1) is 0 Å². The third-order valence-electron chi connectivity index (χ3n) is 3.52. The molecule has 7 heteroatoms. The summed E-state index contributed by atoms with van der Waals surface area (Å²) >= 11 is 8.99. The molecule has 1 heterocycles. The smallest absolute Gasteiger partial charge is 0.287 e. The van der Waals surface area contributed by atoms with Crippen LogP contribution in [0.5, 0.6) is 0 Å². The van der Waals surface area contributed by atoms with E-state index in [1.807, 2.05) is 19.1 Å². The van der Waals surface area contributed by atoms with Crippen molar-refractivity contribution in [3.05, 3.63) is 57.4 Å². The molecule has 0 saturated carbocycles. The fourth-order valence-electron chi connectivity index (χ4n) is 1.98. The van der Waals surface area contributed by atoms with Crippen LogP contribution in [0.2, 0.25) is 5.02 Å². The quantitative estimate of drug-likeness (QED) is 0.835. The summed E-state index contributed by atoms with van der Waals surface area (Å²) in [6.07, 6.45) is 0. The van der Waals surface area contributed by atoms with Crippen LogP contribution in [-0.2, 0) is 4.79 Å². The van der Waals surface area contributed by atoms with Gasteiger partial charge in [-0.05, 0) is 52.7 Å². The van der Waals surface area contributed by atoms with E-state index >= 15 is 0 Å². The standard InChI is InChI=1S/C16H16BrClN2O3/c1-10(11-3-5-12(18)6-4-11)20(2)15(21)9-19-16(22)13-7-8-14(17)23-13/h3-8,10H,9H2,1-2H3,(H,19,22). The number of furan rings is 1. The molecular formula is C16H16BrClN2O3. The summed E-state index contributed by atoms with van der Waals surface area (Å²) in [5.74, 6) is -0.485. The third kappa shape index (κ3) is 4.59. The number of hydrogen-bond donors (Lipinski definition) is 1. The normalized spacial score (nSPS) is 11.8. The Labute approximate surface area is 147 Å². The van der Waals surface area contributed by atoms with E-state index in [9.17, 15) is 9.59 Å². The number of carbonyl (C=O) groups excluding carboxylic acids is 2. The van der Waals surface area contributed by atoms with Gasteiger partial charge in [-0.25, -0.2) is 0 Å². The summed E-state index contributed by atoms with van der Waals surface area (Å²) in [5, 5.41) is 3.19. The molecule has 1 aromatic carbocycles. The zero-order valence-corrected chi connectivity index (χ0v) is 15.0. The predicted octanol–water partition coefficient (Wildman–Crippen LogP) is 3.64. The van der Waals surface area contributed by atoms with Gasteiger partial charge in [0.15, 0.2) is 10.4 Å². The predicted molar refractivity (Wildman–Crippen MR) is 91.4 cm³/mol. The largest absolute Gasteiger partial charge is 0.444 e. The second-order valence-electron chi connectivity index (χ2n) is 5.02. The molecule has 0 fully saturated rings. The summed E-state index contributed by atoms with van der Waals surface area (Å²) in [7, 11) is 1.69. The number of rotatable bonds is 5. The topological polar surface area (TPSA) is 62.6 Å². The minimum absolute atomic E-state index is 0.106. The molecule has 0 saturated heterocycles. The van der Waals surface area contributed by atoms with Crippen LogP contribution in [0.4, 0.5) is 0 Å². The molecule has 2 aromatic rings. The lowest BCUT2D eigenvalue weighted by atomic mass is 10.1. The fourth-order valence-corrected chi connectivity index (χ4v) is 2.42. The van der Waals surface area contributed by atoms with E-state index in [0.29, 0.717) is 9.69 Å². The first-order chi connectivity index (χ1) is 10.9. The van der Waals surface area contributed by atoms with Crippen LogP contribution in [0.25, 0.3) is 0 Å². The van der Waals surface area contributed by atoms with Gasteiger partial charge < -0.3 is 14.6 Å². The molecule has 0 aliphatic carbocycles. The van der Waals surface area contributed by atoms with Crippen molar-refractivity contribution >= 4 is 39.3 Å². The van der Waals surface area contributed by atoms with E-state index in [-0.39, 0.29) is 24.3 Å². The summed E-state index contributed by atoms with van der Waals surface area (Å²) in [6, 6.07) is 10.3. The number of halogens is 2. The Morgan fingerprint density at radius 2 is 1.91 bits per heavy atom. The van der Waals surface area contributed by atoms with E-state index in [4.69, 9.17) is 16.0 Å². The van der Waals surface area contributed by atoms with E-state index in [1.54, 1.807) is 30.1 Å². The summed E-state index contributed by atoms with van der Waals surface area (Å²) < 4.78 is 5.59. The van der Waals surface area contributed by atoms with Crippen molar-refractivity contribution < 1.29 is 14.0 Å². The summed E-state index contributed by atoms with van der Waals surface area (Å²) in [6.45, 7) is 1.80. The molecule has 5 nitrogen and oxygen atoms in total. The first-order valence-electron chi connectivity index (χ1n) is 6.93. The number of likely N-dealkylation sites (N-methyl/N-ethyl adjacent to an activating group) is 1. The second-order valence-corrected chi connectivity index (χ2v) is 6.24. The molecule has 0 aliphatic rings. The van der Waals surface area contributed by atoms with Gasteiger partial charge in [-0.3, -0.25) is 9.59 Å². The molecule has 2 amide bonds. The molecule has 1 unspecified atom stereocenters. The van der Waals surface area contributed by atoms with Gasteiger partial charge in [-0.2, -0.15) is 0 Å². The zero-order valence-electron chi connectivity index (χ0n) is 12.7. The average Bonchev–Trinajstić information content (AvgIpc) is 2.98. The van der Waals surface area contributed by atoms with Crippen molar-refractivity contribution in [2.24, 2.45) is 0 Å². The third-order valence-corrected chi connectivity index (χ3v) is 4.20. The van der Waals surface area contributed by atoms with Crippen molar-refractivity contribution in [2.75, 3.05) is 13.6 Å². The van der Waals surface area contributed by atoms with Crippen LogP contribution in [0.3, 0.4) is 0 Å². The average molecular weight is 400 g/mol. The maximum Gasteiger partial charge on any atom is 0.287 e. The van der Waals surface area contributed by atoms with Crippen molar-refractivity contribution in [1.29, 1.82) is 0 Å². The van der Waals surface area contributed by atoms with E-state index in [0.717, 1.165) is 5.56 Å². The van der Waals surface area contributed by atoms with E-state index in [1.165, 1.54) is 6.07 Å². The highest BCUT2D eigenvalue weighted by atomic mass is 79.9. The van der Waals surface area contributed by atoms with Gasteiger partial charge in [0.25, 0.3) is 5.91 Å². The van der Waals surface area contributed by atoms with Crippen molar-refractivity contribution in [2.45, 2.75) is 13.0 Å². The fraction of sp³-hybridized carbons (Fsp3) is 0.250. The van der Waals surface area contributed by atoms with Gasteiger partial charge in [0.1, 0.15) is 0 Å². The number of nitrogens with one attached hydrogen (secondary N) is 1. The second kappa shape index (κ2) is 7.66. The van der Waals surface area contributed by atoms with Gasteiger partial charge in [0.05, 0.1) is 12.6 Å². The minimum Gasteiger partial charge on any atom is -0.444 e. The van der Waals surface area contributed by atoms with Crippen molar-refractivity contribution in [3.8, 4) is 0 Å². The molecule has 1 atom stereocenters. The zero-order chi connectivity index (χ0) is 17.0. The van der Waals surface area contributed by atoms with Crippen LogP contribution in [0.1, 0.15) is 29.1 Å². The Morgan fingerprint density at radius 1 is 1.26 bits per heavy atom. The Bertz CT molecular complexity index is 700. The first kappa shape index (κ1) is 17.6. The van der Waals surface area contributed by atoms with Crippen LogP contribution >= 0.6 is 27.5 Å². The highest BCUT2D eigenvalue weighted by Crippen LogP contribution is 2.20. The number of amides is 2. The summed E-state index contributed by atoms with van der Waals surface area (Å²) in [4.78, 5) is 25.6. The van der Waals surface area contributed by atoms with Crippen LogP contribution in [0, 0.1) is 0 Å². The maximum absolute atomic E-state index is 12.2. The molecule has 122 valence electrons. The van der Waals surface area contributed by atoms with Crippen LogP contribution < -0.4 is 5.32 Å². The highest BCUT2D eigenvalue weighted by molar-refractivity contribution is 9.10. The number of carbonyl (C=O) groups is 2. The van der Waals surface area contributed by atoms with Crippen molar-refractivity contribution in [1.82, 2.24) is 10.2 Å². The first-order valence-corrected chi connectivity index (χ1v) is 8.10. The molecule has 0 radical (unpaired) electrons. The van der Waals surface area contributed by atoms with Gasteiger partial charge in [-0.1, -0.05) is 23.7 Å². The van der Waals surface area contributed by atoms with E-state index in [2.05, 4.69) is 21.2 Å². The maximum atomic E-state index is 12.2. The van der Waals surface area contributed by atoms with Crippen LogP contribution in [-0.4, -0.2) is 30.3 Å². The molecule has 0 spiro atoms. The molecule has 1 aromatic heterocycles.